The van der Waals surface area contributed by atoms with Crippen molar-refractivity contribution >= 4 is 67.9 Å². The first-order valence-electron chi connectivity index (χ1n) is 11.1. The van der Waals surface area contributed by atoms with Crippen LogP contribution in [0.2, 0.25) is 0 Å². The first kappa shape index (κ1) is 31.4. The van der Waals surface area contributed by atoms with Crippen LogP contribution in [0.15, 0.2) is 48.5 Å². The van der Waals surface area contributed by atoms with Crippen LogP contribution in [0.1, 0.15) is 87.9 Å². The van der Waals surface area contributed by atoms with Gasteiger partial charge >= 0.3 is 0 Å². The number of rotatable bonds is 6. The predicted octanol–water partition coefficient (Wildman–Crippen LogP) is 6.68. The Morgan fingerprint density at radius 3 is 1.39 bits per heavy atom. The molecular weight excluding hydrogens is 527 g/mol. The van der Waals surface area contributed by atoms with Gasteiger partial charge in [-0.2, -0.15) is 0 Å². The Balaban J connectivity index is 0.000000270. The minimum Gasteiger partial charge on any atom is -0.300 e. The molecule has 0 aromatic heterocycles. The maximum absolute atomic E-state index is 11.0. The van der Waals surface area contributed by atoms with Gasteiger partial charge in [-0.3, -0.25) is 28.8 Å². The van der Waals surface area contributed by atoms with Crippen LogP contribution in [0.4, 0.5) is 0 Å². The molecule has 3 rings (SSSR count). The summed E-state index contributed by atoms with van der Waals surface area (Å²) in [5.41, 5.74) is 1.84. The maximum Gasteiger partial charge on any atom is 0.252 e. The Kier molecular flexibility index (Phi) is 13.5. The van der Waals surface area contributed by atoms with Gasteiger partial charge in [0.2, 0.25) is 5.24 Å². The van der Waals surface area contributed by atoms with E-state index >= 15 is 0 Å². The zero-order valence-corrected chi connectivity index (χ0v) is 22.5. The number of hydrogen-bond acceptors (Lipinski definition) is 6. The van der Waals surface area contributed by atoms with Crippen molar-refractivity contribution in [3.63, 3.8) is 0 Å². The minimum absolute atomic E-state index is 0.00210. The second kappa shape index (κ2) is 15.4. The van der Waals surface area contributed by atoms with E-state index < -0.39 is 10.5 Å². The number of Topliss-reactive ketones (excluding diaryl/α,β-unsaturated/α-hetero) is 3. The molecule has 0 spiro atoms. The quantitative estimate of drug-likeness (QED) is 0.292. The number of hydrogen-bond donors (Lipinski definition) is 0. The molecule has 1 aliphatic rings. The second-order valence-electron chi connectivity index (χ2n) is 8.28. The van der Waals surface area contributed by atoms with Gasteiger partial charge in [0.05, 0.1) is 0 Å². The molecule has 36 heavy (non-hydrogen) atoms. The number of ketones is 3. The molecule has 0 N–H and O–H groups in total. The molecule has 6 nitrogen and oxygen atoms in total. The van der Waals surface area contributed by atoms with Crippen LogP contribution in [-0.4, -0.2) is 33.1 Å². The van der Waals surface area contributed by atoms with Crippen molar-refractivity contribution in [2.45, 2.75) is 46.5 Å². The van der Waals surface area contributed by atoms with Gasteiger partial charge in [-0.25, -0.2) is 0 Å². The number of carbonyl (C=O) groups is 6. The molecule has 2 aromatic rings. The highest BCUT2D eigenvalue weighted by molar-refractivity contribution is 6.68. The molecule has 0 atom stereocenters. The van der Waals surface area contributed by atoms with Crippen LogP contribution in [0.3, 0.4) is 0 Å². The fourth-order valence-corrected chi connectivity index (χ4v) is 3.89. The number of carbonyl (C=O) groups excluding carboxylic acids is 6. The average Bonchev–Trinajstić information content (AvgIpc) is 2.85. The Hall–Kier alpha value is -2.67. The normalized spacial score (nSPS) is 16.3. The highest BCUT2D eigenvalue weighted by atomic mass is 35.5. The lowest BCUT2D eigenvalue weighted by Gasteiger charge is -2.24. The third kappa shape index (κ3) is 10.9. The van der Waals surface area contributed by atoms with Gasteiger partial charge in [-0.15, -0.1) is 0 Å². The molecule has 1 fully saturated rings. The smallest absolute Gasteiger partial charge is 0.252 e. The first-order valence-corrected chi connectivity index (χ1v) is 12.3. The summed E-state index contributed by atoms with van der Waals surface area (Å²) in [6.45, 7) is 4.53. The predicted molar refractivity (Wildman–Crippen MR) is 140 cm³/mol. The van der Waals surface area contributed by atoms with E-state index in [0.717, 1.165) is 25.7 Å². The standard InChI is InChI=1S/C9H13ClO2.2C9H7ClO2/c2*1-6(11)7-2-4-8(5-3-7)9(10)12;1-6(11)7-3-2-4-8(5-7)9(10)12/h7-8H,2-5H2,1H3;2*2-5H,1H3. The lowest BCUT2D eigenvalue weighted by molar-refractivity contribution is -0.123. The third-order valence-electron chi connectivity index (χ3n) is 5.64. The van der Waals surface area contributed by atoms with Crippen LogP contribution < -0.4 is 0 Å². The molecule has 0 saturated heterocycles. The van der Waals surface area contributed by atoms with Crippen LogP contribution in [0, 0.1) is 11.8 Å². The molecule has 192 valence electrons. The average molecular weight is 554 g/mol. The molecule has 9 heteroatoms. The van der Waals surface area contributed by atoms with Crippen molar-refractivity contribution in [1.82, 2.24) is 0 Å². The topological polar surface area (TPSA) is 102 Å². The monoisotopic (exact) mass is 552 g/mol. The van der Waals surface area contributed by atoms with Gasteiger partial charge in [-0.1, -0.05) is 30.3 Å². The largest absolute Gasteiger partial charge is 0.300 e. The zero-order valence-electron chi connectivity index (χ0n) is 20.2. The number of halogens is 3. The van der Waals surface area contributed by atoms with Gasteiger partial charge in [-0.05, 0) is 99.5 Å². The van der Waals surface area contributed by atoms with Gasteiger partial charge in [0.1, 0.15) is 5.78 Å². The molecule has 1 aliphatic carbocycles. The van der Waals surface area contributed by atoms with Crippen molar-refractivity contribution in [3.8, 4) is 0 Å². The van der Waals surface area contributed by atoms with E-state index in [-0.39, 0.29) is 34.4 Å². The molecular formula is C27H27Cl3O6. The summed E-state index contributed by atoms with van der Waals surface area (Å²) in [5, 5.41) is -1.29. The number of benzene rings is 2. The molecule has 1 saturated carbocycles. The van der Waals surface area contributed by atoms with Crippen molar-refractivity contribution < 1.29 is 28.8 Å². The summed E-state index contributed by atoms with van der Waals surface area (Å²) in [6.07, 6.45) is 3.23. The molecule has 0 bridgehead atoms. The van der Waals surface area contributed by atoms with Gasteiger partial charge < -0.3 is 0 Å². The first-order chi connectivity index (χ1) is 16.8. The van der Waals surface area contributed by atoms with E-state index in [4.69, 9.17) is 34.8 Å². The van der Waals surface area contributed by atoms with Crippen molar-refractivity contribution in [2.75, 3.05) is 0 Å². The third-order valence-corrected chi connectivity index (χ3v) is 6.38. The van der Waals surface area contributed by atoms with Crippen LogP contribution >= 0.6 is 34.8 Å². The van der Waals surface area contributed by atoms with Crippen LogP contribution in [0.5, 0.6) is 0 Å². The lowest BCUT2D eigenvalue weighted by Crippen LogP contribution is -2.22. The van der Waals surface area contributed by atoms with E-state index in [1.54, 1.807) is 37.3 Å². The Morgan fingerprint density at radius 1 is 0.583 bits per heavy atom. The van der Waals surface area contributed by atoms with Gasteiger partial charge in [0.25, 0.3) is 10.5 Å². The summed E-state index contributed by atoms with van der Waals surface area (Å²) >= 11 is 15.8. The van der Waals surface area contributed by atoms with Gasteiger partial charge in [0, 0.05) is 34.1 Å². The van der Waals surface area contributed by atoms with E-state index in [1.165, 1.54) is 32.0 Å². The van der Waals surface area contributed by atoms with Crippen molar-refractivity contribution in [2.24, 2.45) is 11.8 Å². The highest BCUT2D eigenvalue weighted by Gasteiger charge is 2.27. The summed E-state index contributed by atoms with van der Waals surface area (Å²) in [5.74, 6) is 0.327. The summed E-state index contributed by atoms with van der Waals surface area (Å²) in [4.78, 5) is 64.7. The van der Waals surface area contributed by atoms with E-state index in [2.05, 4.69) is 0 Å². The molecule has 2 aromatic carbocycles. The molecule has 0 radical (unpaired) electrons. The van der Waals surface area contributed by atoms with Crippen molar-refractivity contribution in [1.29, 1.82) is 0 Å². The molecule has 0 heterocycles. The van der Waals surface area contributed by atoms with E-state index in [1.807, 2.05) is 0 Å². The lowest BCUT2D eigenvalue weighted by atomic mass is 9.81. The Bertz CT molecular complexity index is 1030. The summed E-state index contributed by atoms with van der Waals surface area (Å²) < 4.78 is 0. The SMILES string of the molecule is CC(=O)C1CCC(C(=O)Cl)CC1.CC(=O)c1ccc(C(=O)Cl)cc1.CC(=O)c1cccc(C(=O)Cl)c1. The van der Waals surface area contributed by atoms with E-state index in [0.29, 0.717) is 22.3 Å². The second-order valence-corrected chi connectivity index (χ2v) is 9.34. The van der Waals surface area contributed by atoms with Crippen LogP contribution in [-0.2, 0) is 9.59 Å². The fraction of sp³-hybridized carbons (Fsp3) is 0.333. The minimum atomic E-state index is -0.543. The van der Waals surface area contributed by atoms with Crippen LogP contribution in [0.25, 0.3) is 0 Å². The molecule has 0 unspecified atom stereocenters. The van der Waals surface area contributed by atoms with E-state index in [9.17, 15) is 28.8 Å². The summed E-state index contributed by atoms with van der Waals surface area (Å²) in [6, 6.07) is 12.6. The molecule has 0 amide bonds. The Morgan fingerprint density at radius 2 is 1.00 bits per heavy atom. The highest BCUT2D eigenvalue weighted by Crippen LogP contribution is 2.30. The zero-order chi connectivity index (χ0) is 27.4. The maximum atomic E-state index is 11.0. The fourth-order valence-electron chi connectivity index (χ4n) is 3.42. The summed E-state index contributed by atoms with van der Waals surface area (Å²) in [7, 11) is 0. The molecule has 0 aliphatic heterocycles. The Labute approximate surface area is 225 Å². The van der Waals surface area contributed by atoms with Gasteiger partial charge in [0.15, 0.2) is 11.6 Å². The van der Waals surface area contributed by atoms with Crippen molar-refractivity contribution in [3.05, 3.63) is 70.8 Å².